The van der Waals surface area contributed by atoms with E-state index in [9.17, 15) is 18.0 Å². The number of alkyl halides is 3. The Morgan fingerprint density at radius 1 is 1.32 bits per heavy atom. The fourth-order valence-corrected chi connectivity index (χ4v) is 1.90. The number of hydrogen-bond donors (Lipinski definition) is 2. The lowest BCUT2D eigenvalue weighted by Crippen LogP contribution is -2.60. The Morgan fingerprint density at radius 2 is 1.95 bits per heavy atom. The number of carbonyl (C=O) groups excluding carboxylic acids is 1. The molecule has 0 saturated heterocycles. The predicted octanol–water partition coefficient (Wildman–Crippen LogP) is 2.72. The molecular formula is C15H19F3N2O2. The van der Waals surface area contributed by atoms with Crippen molar-refractivity contribution in [1.29, 1.82) is 0 Å². The van der Waals surface area contributed by atoms with Crippen molar-refractivity contribution in [2.75, 3.05) is 7.05 Å². The molecule has 0 radical (unpaired) electrons. The summed E-state index contributed by atoms with van der Waals surface area (Å²) in [5, 5.41) is 0. The highest BCUT2D eigenvalue weighted by Gasteiger charge is 2.61. The molecule has 0 aliphatic rings. The van der Waals surface area contributed by atoms with Crippen molar-refractivity contribution in [2.24, 2.45) is 0 Å². The highest BCUT2D eigenvalue weighted by atomic mass is 19.4. The van der Waals surface area contributed by atoms with Gasteiger partial charge in [-0.2, -0.15) is 13.2 Å². The molecule has 0 saturated carbocycles. The number of rotatable bonds is 8. The van der Waals surface area contributed by atoms with E-state index < -0.39 is 24.1 Å². The molecule has 0 fully saturated rings. The lowest BCUT2D eigenvalue weighted by Gasteiger charge is -2.34. The maximum atomic E-state index is 13.5. The molecular weight excluding hydrogens is 297 g/mol. The van der Waals surface area contributed by atoms with Crippen molar-refractivity contribution in [3.8, 4) is 0 Å². The van der Waals surface area contributed by atoms with E-state index in [2.05, 4.69) is 12.0 Å². The van der Waals surface area contributed by atoms with Gasteiger partial charge < -0.3 is 4.74 Å². The molecule has 2 N–H and O–H groups in total. The summed E-state index contributed by atoms with van der Waals surface area (Å²) in [6.45, 7) is 3.07. The average molecular weight is 316 g/mol. The van der Waals surface area contributed by atoms with Gasteiger partial charge in [-0.05, 0) is 18.4 Å². The van der Waals surface area contributed by atoms with Crippen molar-refractivity contribution in [3.05, 3.63) is 48.6 Å². The predicted molar refractivity (Wildman–Crippen MR) is 76.7 cm³/mol. The van der Waals surface area contributed by atoms with E-state index in [-0.39, 0.29) is 13.0 Å². The zero-order valence-electron chi connectivity index (χ0n) is 12.2. The van der Waals surface area contributed by atoms with Gasteiger partial charge in [-0.1, -0.05) is 36.4 Å². The summed E-state index contributed by atoms with van der Waals surface area (Å²) in [7, 11) is 1.31. The van der Waals surface area contributed by atoms with Crippen LogP contribution in [0.2, 0.25) is 0 Å². The quantitative estimate of drug-likeness (QED) is 0.573. The highest BCUT2D eigenvalue weighted by molar-refractivity contribution is 5.85. The Bertz CT molecular complexity index is 491. The second kappa shape index (κ2) is 7.95. The van der Waals surface area contributed by atoms with E-state index >= 15 is 0 Å². The number of benzene rings is 1. The number of amides is 1. The third-order valence-electron chi connectivity index (χ3n) is 3.09. The normalized spacial score (nSPS) is 14.2. The molecule has 1 rings (SSSR count). The van der Waals surface area contributed by atoms with Gasteiger partial charge in [-0.15, -0.1) is 6.58 Å². The second-order valence-electron chi connectivity index (χ2n) is 4.63. The molecule has 0 heterocycles. The summed E-state index contributed by atoms with van der Waals surface area (Å²) in [6, 6.07) is 8.37. The summed E-state index contributed by atoms with van der Waals surface area (Å²) in [4.78, 5) is 12.0. The van der Waals surface area contributed by atoms with Crippen LogP contribution in [-0.4, -0.2) is 24.7 Å². The minimum Gasteiger partial charge on any atom is -0.352 e. The van der Waals surface area contributed by atoms with Crippen molar-refractivity contribution < 1.29 is 22.7 Å². The van der Waals surface area contributed by atoms with Gasteiger partial charge in [-0.3, -0.25) is 10.2 Å². The molecule has 0 aliphatic carbocycles. The number of carbonyl (C=O) groups is 1. The molecule has 0 aromatic heterocycles. The van der Waals surface area contributed by atoms with E-state index in [4.69, 9.17) is 4.74 Å². The van der Waals surface area contributed by atoms with Crippen LogP contribution in [0.5, 0.6) is 0 Å². The average Bonchev–Trinajstić information content (AvgIpc) is 2.47. The molecule has 1 unspecified atom stereocenters. The van der Waals surface area contributed by atoms with E-state index in [0.29, 0.717) is 5.56 Å². The molecule has 4 nitrogen and oxygen atoms in total. The minimum atomic E-state index is -4.86. The molecule has 7 heteroatoms. The van der Waals surface area contributed by atoms with Gasteiger partial charge in [0.25, 0.3) is 5.91 Å². The maximum absolute atomic E-state index is 13.5. The van der Waals surface area contributed by atoms with Crippen LogP contribution < -0.4 is 10.9 Å². The Labute approximate surface area is 127 Å². The van der Waals surface area contributed by atoms with Crippen LogP contribution in [0.15, 0.2) is 43.0 Å². The number of hydrogen-bond acceptors (Lipinski definition) is 3. The van der Waals surface area contributed by atoms with Gasteiger partial charge in [0.05, 0.1) is 6.61 Å². The molecule has 0 bridgehead atoms. The molecule has 1 aromatic rings. The van der Waals surface area contributed by atoms with Crippen LogP contribution in [-0.2, 0) is 16.1 Å². The fraction of sp³-hybridized carbons (Fsp3) is 0.400. The van der Waals surface area contributed by atoms with Crippen LogP contribution in [0.1, 0.15) is 18.4 Å². The molecule has 1 atom stereocenters. The summed E-state index contributed by atoms with van der Waals surface area (Å²) in [6.07, 6.45) is -4.09. The third kappa shape index (κ3) is 4.32. The minimum absolute atomic E-state index is 0.00850. The van der Waals surface area contributed by atoms with Gasteiger partial charge in [-0.25, -0.2) is 5.43 Å². The number of allylic oxidation sites excluding steroid dienone is 1. The van der Waals surface area contributed by atoms with Gasteiger partial charge in [0, 0.05) is 7.05 Å². The lowest BCUT2D eigenvalue weighted by molar-refractivity contribution is -0.273. The van der Waals surface area contributed by atoms with Crippen LogP contribution >= 0.6 is 0 Å². The van der Waals surface area contributed by atoms with E-state index in [1.807, 2.05) is 5.43 Å². The van der Waals surface area contributed by atoms with E-state index in [1.54, 1.807) is 30.3 Å². The van der Waals surface area contributed by atoms with Gasteiger partial charge >= 0.3 is 6.18 Å². The van der Waals surface area contributed by atoms with E-state index in [0.717, 1.165) is 0 Å². The molecule has 0 aliphatic heterocycles. The third-order valence-corrected chi connectivity index (χ3v) is 3.09. The SMILES string of the molecule is C=CCCC(OCc1ccccc1)(C(=O)NNC)C(F)(F)F. The Hall–Kier alpha value is -1.86. The Kier molecular flexibility index (Phi) is 6.58. The number of nitrogens with one attached hydrogen (secondary N) is 2. The van der Waals surface area contributed by atoms with Gasteiger partial charge in [0.15, 0.2) is 0 Å². The fourth-order valence-electron chi connectivity index (χ4n) is 1.90. The molecule has 22 heavy (non-hydrogen) atoms. The molecule has 0 spiro atoms. The van der Waals surface area contributed by atoms with Crippen molar-refractivity contribution in [2.45, 2.75) is 31.2 Å². The number of hydrazine groups is 1. The Balaban J connectivity index is 3.05. The van der Waals surface area contributed by atoms with Crippen molar-refractivity contribution >= 4 is 5.91 Å². The topological polar surface area (TPSA) is 50.4 Å². The first-order valence-electron chi connectivity index (χ1n) is 6.70. The lowest BCUT2D eigenvalue weighted by atomic mass is 9.95. The van der Waals surface area contributed by atoms with Crippen LogP contribution in [0.3, 0.4) is 0 Å². The first kappa shape index (κ1) is 18.2. The summed E-state index contributed by atoms with van der Waals surface area (Å²) >= 11 is 0. The molecule has 122 valence electrons. The zero-order chi connectivity index (χ0) is 16.6. The van der Waals surface area contributed by atoms with E-state index in [1.165, 1.54) is 13.1 Å². The van der Waals surface area contributed by atoms with Crippen molar-refractivity contribution in [3.63, 3.8) is 0 Å². The summed E-state index contributed by atoms with van der Waals surface area (Å²) in [5.41, 5.74) is 1.80. The van der Waals surface area contributed by atoms with Gasteiger partial charge in [0.1, 0.15) is 0 Å². The standard InChI is InChI=1S/C15H19F3N2O2/c1-3-4-10-14(15(16,17)18,13(21)20-19-2)22-11-12-8-6-5-7-9-12/h3,5-9,19H,1,4,10-11H2,2H3,(H,20,21). The maximum Gasteiger partial charge on any atom is 0.426 e. The molecule has 1 aromatic carbocycles. The smallest absolute Gasteiger partial charge is 0.352 e. The monoisotopic (exact) mass is 316 g/mol. The second-order valence-corrected chi connectivity index (χ2v) is 4.63. The summed E-state index contributed by atoms with van der Waals surface area (Å²) < 4.78 is 45.7. The van der Waals surface area contributed by atoms with Crippen molar-refractivity contribution in [1.82, 2.24) is 10.9 Å². The largest absolute Gasteiger partial charge is 0.426 e. The molecule has 1 amide bonds. The first-order chi connectivity index (χ1) is 10.4. The van der Waals surface area contributed by atoms with Crippen LogP contribution in [0, 0.1) is 0 Å². The Morgan fingerprint density at radius 3 is 2.45 bits per heavy atom. The van der Waals surface area contributed by atoms with Gasteiger partial charge in [0.2, 0.25) is 5.60 Å². The number of halogens is 3. The number of ether oxygens (including phenoxy) is 1. The highest BCUT2D eigenvalue weighted by Crippen LogP contribution is 2.38. The van der Waals surface area contributed by atoms with Crippen LogP contribution in [0.4, 0.5) is 13.2 Å². The zero-order valence-corrected chi connectivity index (χ0v) is 12.2. The van der Waals surface area contributed by atoms with Crippen LogP contribution in [0.25, 0.3) is 0 Å². The first-order valence-corrected chi connectivity index (χ1v) is 6.70. The summed E-state index contributed by atoms with van der Waals surface area (Å²) in [5.74, 6) is -1.28.